The molecule has 1 saturated carbocycles. The summed E-state index contributed by atoms with van der Waals surface area (Å²) in [6.07, 6.45) is 4.35. The summed E-state index contributed by atoms with van der Waals surface area (Å²) in [7, 11) is -2.04. The van der Waals surface area contributed by atoms with Gasteiger partial charge in [0.2, 0.25) is 0 Å². The average Bonchev–Trinajstić information content (AvgIpc) is 2.98. The van der Waals surface area contributed by atoms with Gasteiger partial charge in [-0.25, -0.2) is 18.1 Å². The third-order valence-corrected chi connectivity index (χ3v) is 5.31. The van der Waals surface area contributed by atoms with Crippen LogP contribution in [-0.2, 0) is 21.8 Å². The molecule has 1 saturated heterocycles. The van der Waals surface area contributed by atoms with Crippen LogP contribution in [0.3, 0.4) is 0 Å². The van der Waals surface area contributed by atoms with Gasteiger partial charge in [0.25, 0.3) is 10.0 Å². The molecule has 106 valence electrons. The Morgan fingerprint density at radius 3 is 2.79 bits per heavy atom. The first-order valence-electron chi connectivity index (χ1n) is 6.40. The van der Waals surface area contributed by atoms with Crippen molar-refractivity contribution in [3.63, 3.8) is 0 Å². The zero-order valence-electron chi connectivity index (χ0n) is 10.7. The summed E-state index contributed by atoms with van der Waals surface area (Å²) in [6.45, 7) is 0.606. The summed E-state index contributed by atoms with van der Waals surface area (Å²) >= 11 is 0. The van der Waals surface area contributed by atoms with E-state index in [1.807, 2.05) is 0 Å². The van der Waals surface area contributed by atoms with Crippen molar-refractivity contribution in [3.8, 4) is 0 Å². The van der Waals surface area contributed by atoms with Crippen molar-refractivity contribution >= 4 is 15.8 Å². The number of nitrogens with one attached hydrogen (secondary N) is 1. The van der Waals surface area contributed by atoms with E-state index in [9.17, 15) is 8.42 Å². The SMILES string of the molecule is Cn1cnc(N)c1S(=O)(=O)NC1CCOC1C1CC1. The zero-order valence-corrected chi connectivity index (χ0v) is 11.6. The van der Waals surface area contributed by atoms with Crippen molar-refractivity contribution in [2.75, 3.05) is 12.3 Å². The molecule has 1 aromatic heterocycles. The summed E-state index contributed by atoms with van der Waals surface area (Å²) < 4.78 is 34.5. The first kappa shape index (κ1) is 12.9. The van der Waals surface area contributed by atoms with Gasteiger partial charge in [-0.05, 0) is 25.2 Å². The summed E-state index contributed by atoms with van der Waals surface area (Å²) in [5.74, 6) is 0.524. The third-order valence-electron chi connectivity index (χ3n) is 3.69. The van der Waals surface area contributed by atoms with Crippen LogP contribution >= 0.6 is 0 Å². The van der Waals surface area contributed by atoms with Crippen molar-refractivity contribution in [2.45, 2.75) is 36.4 Å². The van der Waals surface area contributed by atoms with Crippen LogP contribution in [0.1, 0.15) is 19.3 Å². The fraction of sp³-hybridized carbons (Fsp3) is 0.727. The molecule has 2 heterocycles. The van der Waals surface area contributed by atoms with Gasteiger partial charge in [-0.1, -0.05) is 0 Å². The number of aryl methyl sites for hydroxylation is 1. The molecule has 8 heteroatoms. The number of anilines is 1. The molecule has 3 rings (SSSR count). The molecule has 0 bridgehead atoms. The van der Waals surface area contributed by atoms with Crippen molar-refractivity contribution in [1.29, 1.82) is 0 Å². The molecule has 7 nitrogen and oxygen atoms in total. The van der Waals surface area contributed by atoms with Crippen molar-refractivity contribution < 1.29 is 13.2 Å². The molecule has 19 heavy (non-hydrogen) atoms. The van der Waals surface area contributed by atoms with Crippen molar-refractivity contribution in [3.05, 3.63) is 6.33 Å². The minimum Gasteiger partial charge on any atom is -0.381 e. The van der Waals surface area contributed by atoms with Gasteiger partial charge in [-0.3, -0.25) is 0 Å². The maximum absolute atomic E-state index is 12.4. The molecule has 2 fully saturated rings. The molecule has 2 aliphatic rings. The Labute approximate surface area is 112 Å². The second-order valence-corrected chi connectivity index (χ2v) is 6.86. The van der Waals surface area contributed by atoms with E-state index in [1.54, 1.807) is 7.05 Å². The molecule has 0 aromatic carbocycles. The highest BCUT2D eigenvalue weighted by Gasteiger charge is 2.42. The number of imidazole rings is 1. The van der Waals surface area contributed by atoms with Crippen LogP contribution in [0.2, 0.25) is 0 Å². The lowest BCUT2D eigenvalue weighted by Gasteiger charge is -2.19. The normalized spacial score (nSPS) is 27.8. The number of nitrogen functional groups attached to an aromatic ring is 1. The molecule has 0 spiro atoms. The lowest BCUT2D eigenvalue weighted by Crippen LogP contribution is -2.42. The number of rotatable bonds is 4. The van der Waals surface area contributed by atoms with Crippen LogP contribution in [0, 0.1) is 5.92 Å². The predicted molar refractivity (Wildman–Crippen MR) is 68.8 cm³/mol. The summed E-state index contributed by atoms with van der Waals surface area (Å²) in [6, 6.07) is -0.160. The molecule has 0 radical (unpaired) electrons. The Morgan fingerprint density at radius 1 is 1.47 bits per heavy atom. The van der Waals surface area contributed by atoms with Crippen LogP contribution in [0.25, 0.3) is 0 Å². The van der Waals surface area contributed by atoms with Gasteiger partial charge in [-0.2, -0.15) is 0 Å². The number of hydrogen-bond donors (Lipinski definition) is 2. The second kappa shape index (κ2) is 4.46. The van der Waals surface area contributed by atoms with E-state index in [4.69, 9.17) is 10.5 Å². The summed E-state index contributed by atoms with van der Waals surface area (Å²) in [4.78, 5) is 3.81. The van der Waals surface area contributed by atoms with Crippen LogP contribution in [0.15, 0.2) is 11.4 Å². The van der Waals surface area contributed by atoms with E-state index in [1.165, 1.54) is 10.9 Å². The summed E-state index contributed by atoms with van der Waals surface area (Å²) in [5.41, 5.74) is 5.63. The Balaban J connectivity index is 1.82. The van der Waals surface area contributed by atoms with E-state index in [0.717, 1.165) is 12.8 Å². The maximum atomic E-state index is 12.4. The quantitative estimate of drug-likeness (QED) is 0.802. The molecule has 1 aliphatic heterocycles. The highest BCUT2D eigenvalue weighted by Crippen LogP contribution is 2.39. The first-order valence-corrected chi connectivity index (χ1v) is 7.88. The van der Waals surface area contributed by atoms with E-state index < -0.39 is 10.0 Å². The topological polar surface area (TPSA) is 99.2 Å². The van der Waals surface area contributed by atoms with Gasteiger partial charge in [0, 0.05) is 13.7 Å². The Kier molecular flexibility index (Phi) is 3.03. The largest absolute Gasteiger partial charge is 0.381 e. The Bertz CT molecular complexity index is 559. The Morgan fingerprint density at radius 2 is 2.21 bits per heavy atom. The minimum atomic E-state index is -3.65. The van der Waals surface area contributed by atoms with Gasteiger partial charge in [0.1, 0.15) is 0 Å². The first-order chi connectivity index (χ1) is 8.99. The molecule has 1 aromatic rings. The highest BCUT2D eigenvalue weighted by atomic mass is 32.2. The minimum absolute atomic E-state index is 0.00391. The van der Waals surface area contributed by atoms with Crippen LogP contribution in [0.4, 0.5) is 5.82 Å². The van der Waals surface area contributed by atoms with Gasteiger partial charge < -0.3 is 15.0 Å². The lowest BCUT2D eigenvalue weighted by atomic mass is 10.1. The molecule has 1 aliphatic carbocycles. The van der Waals surface area contributed by atoms with Gasteiger partial charge >= 0.3 is 0 Å². The number of sulfonamides is 1. The maximum Gasteiger partial charge on any atom is 0.260 e. The van der Waals surface area contributed by atoms with E-state index in [-0.39, 0.29) is 23.0 Å². The number of hydrogen-bond acceptors (Lipinski definition) is 5. The van der Waals surface area contributed by atoms with Gasteiger partial charge in [0.05, 0.1) is 18.5 Å². The average molecular weight is 286 g/mol. The number of ether oxygens (including phenoxy) is 1. The van der Waals surface area contributed by atoms with Gasteiger partial charge in [0.15, 0.2) is 10.8 Å². The standard InChI is InChI=1S/C11H18N4O3S/c1-15-6-13-10(12)11(15)19(16,17)14-8-4-5-18-9(8)7-2-3-7/h6-9,14H,2-5,12H2,1H3. The zero-order chi connectivity index (χ0) is 13.6. The predicted octanol–water partition coefficient (Wildman–Crippen LogP) is -0.152. The fourth-order valence-corrected chi connectivity index (χ4v) is 4.16. The second-order valence-electron chi connectivity index (χ2n) is 5.24. The van der Waals surface area contributed by atoms with E-state index in [0.29, 0.717) is 18.9 Å². The molecule has 0 amide bonds. The fourth-order valence-electron chi connectivity index (χ4n) is 2.65. The Hall–Kier alpha value is -1.12. The third kappa shape index (κ3) is 2.35. The van der Waals surface area contributed by atoms with Gasteiger partial charge in [-0.15, -0.1) is 0 Å². The molecule has 2 atom stereocenters. The number of aromatic nitrogens is 2. The van der Waals surface area contributed by atoms with E-state index >= 15 is 0 Å². The number of nitrogens with two attached hydrogens (primary N) is 1. The summed E-state index contributed by atoms with van der Waals surface area (Å²) in [5, 5.41) is 0.0222. The highest BCUT2D eigenvalue weighted by molar-refractivity contribution is 7.89. The molecular weight excluding hydrogens is 268 g/mol. The smallest absolute Gasteiger partial charge is 0.260 e. The molecule has 3 N–H and O–H groups in total. The van der Waals surface area contributed by atoms with Crippen LogP contribution in [-0.4, -0.2) is 36.7 Å². The van der Waals surface area contributed by atoms with Crippen molar-refractivity contribution in [2.24, 2.45) is 13.0 Å². The molecular formula is C11H18N4O3S. The molecule has 2 unspecified atom stereocenters. The lowest BCUT2D eigenvalue weighted by molar-refractivity contribution is 0.0848. The van der Waals surface area contributed by atoms with Crippen molar-refractivity contribution in [1.82, 2.24) is 14.3 Å². The van der Waals surface area contributed by atoms with E-state index in [2.05, 4.69) is 9.71 Å². The monoisotopic (exact) mass is 286 g/mol. The number of nitrogens with zero attached hydrogens (tertiary/aromatic N) is 2. The van der Waals surface area contributed by atoms with Crippen LogP contribution < -0.4 is 10.5 Å². The van der Waals surface area contributed by atoms with Crippen LogP contribution in [0.5, 0.6) is 0 Å².